The lowest BCUT2D eigenvalue weighted by molar-refractivity contribution is 0.599. The molecule has 0 radical (unpaired) electrons. The molecule has 3 heteroatoms. The summed E-state index contributed by atoms with van der Waals surface area (Å²) in [5.41, 5.74) is 2.87. The molecule has 0 spiro atoms. The number of aromatic amines is 1. The first kappa shape index (κ1) is 13.2. The molecule has 1 aromatic carbocycles. The number of hydrogen-bond donors (Lipinski definition) is 1. The smallest absolute Gasteiger partial charge is 0.130 e. The minimum atomic E-state index is 0.296. The maximum atomic E-state index is 9.35. The Hall–Kier alpha value is -2.21. The van der Waals surface area contributed by atoms with Gasteiger partial charge in [0.05, 0.1) is 5.52 Å². The van der Waals surface area contributed by atoms with Crippen molar-refractivity contribution in [1.82, 2.24) is 9.55 Å². The standard InChI is InChI=1S/C14H13N3.C2H6/c1-9(2)17-8-12-14(13(17)7-15)10-5-3-4-6-11(10)16-12;1-2/h3-6,8-9,16H,1-2H3;1-2H3. The topological polar surface area (TPSA) is 44.5 Å². The molecule has 0 saturated heterocycles. The molecule has 0 aliphatic rings. The first-order valence-corrected chi connectivity index (χ1v) is 6.73. The van der Waals surface area contributed by atoms with Crippen LogP contribution in [0.2, 0.25) is 0 Å². The van der Waals surface area contributed by atoms with E-state index in [0.717, 1.165) is 27.5 Å². The molecule has 0 aliphatic heterocycles. The number of rotatable bonds is 1. The number of fused-ring (bicyclic) bond motifs is 3. The van der Waals surface area contributed by atoms with E-state index in [2.05, 4.69) is 31.0 Å². The first-order valence-electron chi connectivity index (χ1n) is 6.73. The van der Waals surface area contributed by atoms with Crippen LogP contribution in [0, 0.1) is 11.3 Å². The summed E-state index contributed by atoms with van der Waals surface area (Å²) >= 11 is 0. The van der Waals surface area contributed by atoms with Crippen LogP contribution >= 0.6 is 0 Å². The van der Waals surface area contributed by atoms with E-state index in [0.29, 0.717) is 6.04 Å². The van der Waals surface area contributed by atoms with Gasteiger partial charge in [-0.1, -0.05) is 32.0 Å². The summed E-state index contributed by atoms with van der Waals surface area (Å²) < 4.78 is 2.02. The summed E-state index contributed by atoms with van der Waals surface area (Å²) in [7, 11) is 0. The predicted octanol–water partition coefficient (Wildman–Crippen LogP) is 4.60. The zero-order chi connectivity index (χ0) is 14.0. The fraction of sp³-hybridized carbons (Fsp3) is 0.312. The number of H-pyrrole nitrogens is 1. The molecule has 0 bridgehead atoms. The van der Waals surface area contributed by atoms with Crippen LogP contribution in [0.3, 0.4) is 0 Å². The number of aromatic nitrogens is 2. The van der Waals surface area contributed by atoms with Crippen LogP contribution < -0.4 is 0 Å². The Morgan fingerprint density at radius 1 is 1.16 bits per heavy atom. The highest BCUT2D eigenvalue weighted by atomic mass is 15.0. The van der Waals surface area contributed by atoms with Gasteiger partial charge in [-0.15, -0.1) is 0 Å². The highest BCUT2D eigenvalue weighted by molar-refractivity contribution is 6.09. The van der Waals surface area contributed by atoms with Gasteiger partial charge in [0.1, 0.15) is 11.8 Å². The molecule has 3 aromatic rings. The average molecular weight is 253 g/mol. The monoisotopic (exact) mass is 253 g/mol. The number of nitrogens with one attached hydrogen (secondary N) is 1. The third-order valence-corrected chi connectivity index (χ3v) is 3.16. The number of para-hydroxylation sites is 1. The van der Waals surface area contributed by atoms with Crippen LogP contribution in [0.5, 0.6) is 0 Å². The molecule has 0 fully saturated rings. The lowest BCUT2D eigenvalue weighted by Gasteiger charge is -2.08. The first-order chi connectivity index (χ1) is 9.22. The van der Waals surface area contributed by atoms with Crippen LogP contribution in [0.1, 0.15) is 39.4 Å². The fourth-order valence-electron chi connectivity index (χ4n) is 2.37. The van der Waals surface area contributed by atoms with Crippen molar-refractivity contribution in [2.45, 2.75) is 33.7 Å². The Morgan fingerprint density at radius 3 is 2.47 bits per heavy atom. The maximum Gasteiger partial charge on any atom is 0.130 e. The van der Waals surface area contributed by atoms with E-state index >= 15 is 0 Å². The molecule has 2 aromatic heterocycles. The van der Waals surface area contributed by atoms with Crippen molar-refractivity contribution in [1.29, 1.82) is 5.26 Å². The third-order valence-electron chi connectivity index (χ3n) is 3.16. The Morgan fingerprint density at radius 2 is 1.84 bits per heavy atom. The molecule has 19 heavy (non-hydrogen) atoms. The largest absolute Gasteiger partial charge is 0.353 e. The Bertz CT molecular complexity index is 738. The molecular formula is C16H19N3. The van der Waals surface area contributed by atoms with Crippen LogP contribution in [0.15, 0.2) is 30.5 Å². The number of hydrogen-bond acceptors (Lipinski definition) is 1. The van der Waals surface area contributed by atoms with Gasteiger partial charge in [-0.3, -0.25) is 0 Å². The zero-order valence-electron chi connectivity index (χ0n) is 11.9. The van der Waals surface area contributed by atoms with E-state index in [1.807, 2.05) is 42.8 Å². The van der Waals surface area contributed by atoms with Crippen molar-refractivity contribution in [3.63, 3.8) is 0 Å². The summed E-state index contributed by atoms with van der Waals surface area (Å²) in [6.45, 7) is 8.17. The number of benzene rings is 1. The van der Waals surface area contributed by atoms with Gasteiger partial charge in [-0.2, -0.15) is 5.26 Å². The Kier molecular flexibility index (Phi) is 3.62. The normalized spacial score (nSPS) is 10.5. The molecule has 0 aliphatic carbocycles. The van der Waals surface area contributed by atoms with Gasteiger partial charge in [0.15, 0.2) is 0 Å². The van der Waals surface area contributed by atoms with Crippen molar-refractivity contribution in [3.05, 3.63) is 36.2 Å². The second-order valence-electron chi connectivity index (χ2n) is 4.55. The minimum absolute atomic E-state index is 0.296. The van der Waals surface area contributed by atoms with Crippen LogP contribution in [0.4, 0.5) is 0 Å². The van der Waals surface area contributed by atoms with E-state index in [-0.39, 0.29) is 0 Å². The van der Waals surface area contributed by atoms with Gasteiger partial charge in [0.2, 0.25) is 0 Å². The summed E-state index contributed by atoms with van der Waals surface area (Å²) in [4.78, 5) is 3.36. The van der Waals surface area contributed by atoms with Gasteiger partial charge in [-0.25, -0.2) is 0 Å². The Labute approximate surface area is 113 Å². The number of nitrogens with zero attached hydrogens (tertiary/aromatic N) is 2. The maximum absolute atomic E-state index is 9.35. The highest BCUT2D eigenvalue weighted by Gasteiger charge is 2.15. The highest BCUT2D eigenvalue weighted by Crippen LogP contribution is 2.30. The van der Waals surface area contributed by atoms with Crippen molar-refractivity contribution in [3.8, 4) is 6.07 Å². The molecule has 1 N–H and O–H groups in total. The Balaban J connectivity index is 0.000000637. The van der Waals surface area contributed by atoms with Gasteiger partial charge < -0.3 is 9.55 Å². The molecule has 0 saturated carbocycles. The van der Waals surface area contributed by atoms with Crippen molar-refractivity contribution in [2.24, 2.45) is 0 Å². The van der Waals surface area contributed by atoms with E-state index < -0.39 is 0 Å². The molecule has 0 unspecified atom stereocenters. The molecule has 3 nitrogen and oxygen atoms in total. The second kappa shape index (κ2) is 5.19. The summed E-state index contributed by atoms with van der Waals surface area (Å²) in [6.07, 6.45) is 2.03. The van der Waals surface area contributed by atoms with Crippen molar-refractivity contribution < 1.29 is 0 Å². The quantitative estimate of drug-likeness (QED) is 0.676. The summed E-state index contributed by atoms with van der Waals surface area (Å²) in [5, 5.41) is 11.5. The SMILES string of the molecule is CC.CC(C)n1cc2[nH]c3ccccc3c2c1C#N. The summed E-state index contributed by atoms with van der Waals surface area (Å²) in [5.74, 6) is 0. The molecule has 2 heterocycles. The van der Waals surface area contributed by atoms with Gasteiger partial charge >= 0.3 is 0 Å². The van der Waals surface area contributed by atoms with Gasteiger partial charge in [-0.05, 0) is 19.9 Å². The lowest BCUT2D eigenvalue weighted by Crippen LogP contribution is -2.01. The molecule has 0 amide bonds. The zero-order valence-corrected chi connectivity index (χ0v) is 11.9. The van der Waals surface area contributed by atoms with E-state index in [9.17, 15) is 5.26 Å². The van der Waals surface area contributed by atoms with Gasteiger partial charge in [0.25, 0.3) is 0 Å². The third kappa shape index (κ3) is 2.00. The van der Waals surface area contributed by atoms with Crippen LogP contribution in [-0.2, 0) is 0 Å². The van der Waals surface area contributed by atoms with Crippen LogP contribution in [0.25, 0.3) is 21.8 Å². The predicted molar refractivity (Wildman–Crippen MR) is 80.2 cm³/mol. The van der Waals surface area contributed by atoms with E-state index in [1.165, 1.54) is 0 Å². The molecule has 98 valence electrons. The van der Waals surface area contributed by atoms with E-state index in [1.54, 1.807) is 0 Å². The molecule has 3 rings (SSSR count). The molecule has 0 atom stereocenters. The average Bonchev–Trinajstić information content (AvgIpc) is 2.96. The summed E-state index contributed by atoms with van der Waals surface area (Å²) in [6, 6.07) is 10.7. The van der Waals surface area contributed by atoms with Crippen LogP contribution in [-0.4, -0.2) is 9.55 Å². The lowest BCUT2D eigenvalue weighted by atomic mass is 10.2. The van der Waals surface area contributed by atoms with Crippen molar-refractivity contribution >= 4 is 21.8 Å². The van der Waals surface area contributed by atoms with Gasteiger partial charge in [0, 0.05) is 28.5 Å². The minimum Gasteiger partial charge on any atom is -0.353 e. The second-order valence-corrected chi connectivity index (χ2v) is 4.55. The van der Waals surface area contributed by atoms with E-state index in [4.69, 9.17) is 0 Å². The number of nitriles is 1. The van der Waals surface area contributed by atoms with Crippen molar-refractivity contribution in [2.75, 3.05) is 0 Å². The fourth-order valence-corrected chi connectivity index (χ4v) is 2.37. The molecular weight excluding hydrogens is 234 g/mol.